The van der Waals surface area contributed by atoms with E-state index in [0.717, 1.165) is 98.0 Å². The van der Waals surface area contributed by atoms with Gasteiger partial charge in [-0.05, 0) is 181 Å². The largest absolute Gasteiger partial charge is 0.507 e. The highest BCUT2D eigenvalue weighted by Crippen LogP contribution is 2.29. The molecule has 0 saturated heterocycles. The van der Waals surface area contributed by atoms with Gasteiger partial charge in [-0.3, -0.25) is 9.98 Å². The number of esters is 2. The average molecular weight is 1170 g/mol. The number of phenols is 2. The van der Waals surface area contributed by atoms with Gasteiger partial charge in [0.1, 0.15) is 46.0 Å². The van der Waals surface area contributed by atoms with Crippen molar-refractivity contribution in [3.05, 3.63) is 240 Å². The number of benzene rings is 9. The lowest BCUT2D eigenvalue weighted by molar-refractivity contribution is 0.0732. The van der Waals surface area contributed by atoms with Crippen LogP contribution in [0.1, 0.15) is 107 Å². The predicted molar refractivity (Wildman–Crippen MR) is 341 cm³/mol. The maximum atomic E-state index is 13.1. The van der Waals surface area contributed by atoms with Crippen LogP contribution in [0.25, 0.3) is 22.3 Å². The topological polar surface area (TPSA) is 202 Å². The Kier molecular flexibility index (Phi) is 22.6. The van der Waals surface area contributed by atoms with Crippen LogP contribution in [-0.4, -0.2) is 61.0 Å². The van der Waals surface area contributed by atoms with Gasteiger partial charge >= 0.3 is 11.9 Å². The molecule has 0 amide bonds. The molecule has 2 N–H and O–H groups in total. The zero-order chi connectivity index (χ0) is 61.1. The minimum Gasteiger partial charge on any atom is -0.507 e. The van der Waals surface area contributed by atoms with Crippen molar-refractivity contribution in [1.82, 2.24) is 0 Å². The molecule has 0 radical (unpaired) electrons. The zero-order valence-corrected chi connectivity index (χ0v) is 48.6. The third-order valence-electron chi connectivity index (χ3n) is 14.2. The molecule has 14 nitrogen and oxygen atoms in total. The van der Waals surface area contributed by atoms with E-state index in [1.807, 2.05) is 97.1 Å². The highest BCUT2D eigenvalue weighted by atomic mass is 16.5. The molecule has 9 aromatic rings. The lowest BCUT2D eigenvalue weighted by Gasteiger charge is -2.09. The average Bonchev–Trinajstić information content (AvgIpc) is 3.72. The monoisotopic (exact) mass is 1170 g/mol. The van der Waals surface area contributed by atoms with E-state index < -0.39 is 11.9 Å². The minimum absolute atomic E-state index is 0.0282. The molecule has 0 aromatic heterocycles. The summed E-state index contributed by atoms with van der Waals surface area (Å²) in [6.45, 7) is 2.36. The standard InChI is InChI=1S/C74H66N4O10/c75-49-53-14-18-55(19-15-53)57-26-36-65(37-27-57)83-42-7-3-1-5-9-44-85-67-40-30-61(71(79)47-67)51-77-63-32-22-59(23-33-63)73(81)87-69-12-11-13-70(46-69)88-74(82)60-24-34-64(35-25-60)78-52-62-31-41-68(48-72(62)80)86-45-10-6-2-4-8-43-84-66-38-28-58(29-39-66)56-20-16-54(50-76)17-21-56/h11-41,46-48,51-52,79-80H,1-10,42-45H2. The number of ether oxygens (including phenoxy) is 6. The van der Waals surface area contributed by atoms with E-state index in [4.69, 9.17) is 38.9 Å². The van der Waals surface area contributed by atoms with Gasteiger partial charge in [-0.1, -0.05) is 93.1 Å². The smallest absolute Gasteiger partial charge is 0.343 e. The molecule has 0 saturated carbocycles. The number of nitriles is 2. The van der Waals surface area contributed by atoms with Crippen LogP contribution in [0.3, 0.4) is 0 Å². The fourth-order valence-corrected chi connectivity index (χ4v) is 9.22. The van der Waals surface area contributed by atoms with Gasteiger partial charge in [0, 0.05) is 41.8 Å². The Labute approximate surface area is 512 Å². The van der Waals surface area contributed by atoms with Crippen LogP contribution in [0.2, 0.25) is 0 Å². The van der Waals surface area contributed by atoms with E-state index >= 15 is 0 Å². The van der Waals surface area contributed by atoms with Gasteiger partial charge in [0.2, 0.25) is 0 Å². The molecule has 0 aliphatic heterocycles. The highest BCUT2D eigenvalue weighted by Gasteiger charge is 2.14. The van der Waals surface area contributed by atoms with Crippen molar-refractivity contribution in [2.24, 2.45) is 9.98 Å². The van der Waals surface area contributed by atoms with Crippen LogP contribution in [-0.2, 0) is 0 Å². The number of aromatic hydroxyl groups is 2. The summed E-state index contributed by atoms with van der Waals surface area (Å²) >= 11 is 0. The van der Waals surface area contributed by atoms with E-state index in [2.05, 4.69) is 22.1 Å². The molecule has 0 unspecified atom stereocenters. The van der Waals surface area contributed by atoms with Gasteiger partial charge in [0.25, 0.3) is 0 Å². The molecule has 0 aliphatic rings. The summed E-state index contributed by atoms with van der Waals surface area (Å²) in [5.74, 6) is 1.98. The molecule has 0 fully saturated rings. The van der Waals surface area contributed by atoms with Crippen molar-refractivity contribution >= 4 is 35.7 Å². The molecule has 0 atom stereocenters. The molecule has 0 bridgehead atoms. The highest BCUT2D eigenvalue weighted by molar-refractivity contribution is 5.93. The summed E-state index contributed by atoms with van der Waals surface area (Å²) in [6, 6.07) is 64.7. The first-order valence-corrected chi connectivity index (χ1v) is 29.4. The van der Waals surface area contributed by atoms with Crippen LogP contribution in [0.4, 0.5) is 11.4 Å². The number of phenolic OH excluding ortho intramolecular Hbond substituents is 2. The first-order valence-electron chi connectivity index (χ1n) is 29.4. The summed E-state index contributed by atoms with van der Waals surface area (Å²) in [7, 11) is 0. The predicted octanol–water partition coefficient (Wildman–Crippen LogP) is 16.9. The Balaban J connectivity index is 0.619. The number of hydrogen-bond donors (Lipinski definition) is 2. The SMILES string of the molecule is N#Cc1ccc(-c2ccc(OCCCCCCCOc3ccc(C=Nc4ccc(C(=O)Oc5cccc(OC(=O)c6ccc(N=Cc7ccc(OCCCCCCCOc8ccc(-c9ccc(C#N)cc9)cc8)cc7O)cc6)c5)cc4)c(O)c3)cc2)cc1. The number of carbonyl (C=O) groups excluding carboxylic acids is 2. The quantitative estimate of drug-likeness (QED) is 0.0187. The summed E-state index contributed by atoms with van der Waals surface area (Å²) in [5, 5.41) is 39.4. The lowest BCUT2D eigenvalue weighted by Crippen LogP contribution is -2.10. The van der Waals surface area contributed by atoms with Crippen molar-refractivity contribution in [2.45, 2.75) is 64.2 Å². The number of unbranched alkanes of at least 4 members (excludes halogenated alkanes) is 8. The van der Waals surface area contributed by atoms with E-state index in [0.29, 0.717) is 71.6 Å². The Hall–Kier alpha value is -11.0. The van der Waals surface area contributed by atoms with Crippen LogP contribution < -0.4 is 28.4 Å². The van der Waals surface area contributed by atoms with Crippen molar-refractivity contribution in [2.75, 3.05) is 26.4 Å². The van der Waals surface area contributed by atoms with Crippen LogP contribution in [0.5, 0.6) is 46.0 Å². The molecule has 14 heteroatoms. The van der Waals surface area contributed by atoms with Crippen LogP contribution >= 0.6 is 0 Å². The second kappa shape index (κ2) is 32.4. The Bertz CT molecular complexity index is 3620. The fourth-order valence-electron chi connectivity index (χ4n) is 9.22. The Morgan fingerprint density at radius 1 is 0.364 bits per heavy atom. The minimum atomic E-state index is -0.620. The number of rotatable bonds is 30. The molecule has 0 aliphatic carbocycles. The third-order valence-corrected chi connectivity index (χ3v) is 14.2. The molecule has 0 heterocycles. The third kappa shape index (κ3) is 19.0. The first kappa shape index (κ1) is 61.6. The van der Waals surface area contributed by atoms with Crippen molar-refractivity contribution in [3.63, 3.8) is 0 Å². The van der Waals surface area contributed by atoms with Crippen molar-refractivity contribution in [1.29, 1.82) is 10.5 Å². The van der Waals surface area contributed by atoms with Gasteiger partial charge in [-0.25, -0.2) is 9.59 Å². The zero-order valence-electron chi connectivity index (χ0n) is 48.6. The second-order valence-electron chi connectivity index (χ2n) is 20.7. The summed E-state index contributed by atoms with van der Waals surface area (Å²) in [4.78, 5) is 35.1. The number of nitrogens with zero attached hydrogens (tertiary/aromatic N) is 4. The number of hydrogen-bond acceptors (Lipinski definition) is 14. The number of aliphatic imine (C=N–C) groups is 2. The van der Waals surface area contributed by atoms with E-state index in [1.54, 1.807) is 103 Å². The molecule has 9 rings (SSSR count). The van der Waals surface area contributed by atoms with Gasteiger partial charge < -0.3 is 38.6 Å². The Morgan fingerprint density at radius 3 is 1.02 bits per heavy atom. The van der Waals surface area contributed by atoms with Gasteiger partial charge in [-0.15, -0.1) is 0 Å². The second-order valence-corrected chi connectivity index (χ2v) is 20.7. The van der Waals surface area contributed by atoms with Crippen molar-refractivity contribution < 1.29 is 48.2 Å². The molecule has 442 valence electrons. The lowest BCUT2D eigenvalue weighted by atomic mass is 10.0. The summed E-state index contributed by atoms with van der Waals surface area (Å²) in [6.07, 6.45) is 13.0. The van der Waals surface area contributed by atoms with Gasteiger partial charge in [-0.2, -0.15) is 10.5 Å². The molecule has 9 aromatic carbocycles. The van der Waals surface area contributed by atoms with E-state index in [1.165, 1.54) is 18.5 Å². The van der Waals surface area contributed by atoms with Crippen LogP contribution in [0.15, 0.2) is 216 Å². The molecular formula is C74H66N4O10. The van der Waals surface area contributed by atoms with Gasteiger partial charge in [0.15, 0.2) is 0 Å². The number of carbonyl (C=O) groups is 2. The molecule has 0 spiro atoms. The van der Waals surface area contributed by atoms with Gasteiger partial charge in [0.05, 0.1) is 72.2 Å². The summed E-state index contributed by atoms with van der Waals surface area (Å²) in [5.41, 5.74) is 8.21. The Morgan fingerprint density at radius 2 is 0.682 bits per heavy atom. The summed E-state index contributed by atoms with van der Waals surface area (Å²) < 4.78 is 34.9. The van der Waals surface area contributed by atoms with Crippen molar-refractivity contribution in [3.8, 4) is 80.4 Å². The van der Waals surface area contributed by atoms with Crippen LogP contribution in [0, 0.1) is 22.7 Å². The van der Waals surface area contributed by atoms with E-state index in [-0.39, 0.29) is 34.1 Å². The molecule has 88 heavy (non-hydrogen) atoms. The fraction of sp³-hybridized carbons (Fsp3) is 0.189. The normalized spacial score (nSPS) is 11.0. The maximum absolute atomic E-state index is 13.1. The first-order chi connectivity index (χ1) is 43.1. The van der Waals surface area contributed by atoms with E-state index in [9.17, 15) is 19.8 Å². The maximum Gasteiger partial charge on any atom is 0.343 e. The molecular weight excluding hydrogens is 1100 g/mol.